The number of oxime groups is 1. The van der Waals surface area contributed by atoms with Crippen LogP contribution in [0.5, 0.6) is 0 Å². The Labute approximate surface area is 105 Å². The van der Waals surface area contributed by atoms with E-state index in [-0.39, 0.29) is 0 Å². The van der Waals surface area contributed by atoms with Gasteiger partial charge >= 0.3 is 0 Å². The molecule has 88 valence electrons. The Hall–Kier alpha value is -2.35. The van der Waals surface area contributed by atoms with Gasteiger partial charge in [0.1, 0.15) is 0 Å². The van der Waals surface area contributed by atoms with Crippen LogP contribution < -0.4 is 0 Å². The Morgan fingerprint density at radius 3 is 2.44 bits per heavy atom. The maximum atomic E-state index is 8.82. The van der Waals surface area contributed by atoms with Crippen molar-refractivity contribution in [3.8, 4) is 0 Å². The highest BCUT2D eigenvalue weighted by Gasteiger charge is 2.03. The molecule has 3 aromatic carbocycles. The monoisotopic (exact) mass is 235 g/mol. The summed E-state index contributed by atoms with van der Waals surface area (Å²) in [5.74, 6) is 0. The van der Waals surface area contributed by atoms with E-state index in [4.69, 9.17) is 5.21 Å². The third-order valence-corrected chi connectivity index (χ3v) is 3.31. The zero-order valence-corrected chi connectivity index (χ0v) is 10.1. The van der Waals surface area contributed by atoms with E-state index in [0.717, 1.165) is 10.9 Å². The molecule has 0 heterocycles. The van der Waals surface area contributed by atoms with Gasteiger partial charge < -0.3 is 5.21 Å². The second kappa shape index (κ2) is 4.15. The van der Waals surface area contributed by atoms with Crippen LogP contribution in [0.25, 0.3) is 21.5 Å². The van der Waals surface area contributed by atoms with Crippen LogP contribution in [-0.2, 0) is 0 Å². The normalized spacial score (nSPS) is 12.2. The fourth-order valence-electron chi connectivity index (χ4n) is 2.30. The van der Waals surface area contributed by atoms with E-state index in [1.807, 2.05) is 12.1 Å². The van der Waals surface area contributed by atoms with Gasteiger partial charge in [-0.2, -0.15) is 0 Å². The molecule has 0 aliphatic heterocycles. The molecular weight excluding hydrogens is 222 g/mol. The fourth-order valence-corrected chi connectivity index (χ4v) is 2.30. The molecule has 0 amide bonds. The number of hydrogen-bond acceptors (Lipinski definition) is 2. The van der Waals surface area contributed by atoms with E-state index in [0.29, 0.717) is 5.71 Å². The van der Waals surface area contributed by atoms with Gasteiger partial charge in [0.15, 0.2) is 0 Å². The first-order valence-electron chi connectivity index (χ1n) is 5.90. The molecule has 0 saturated heterocycles. The molecule has 2 nitrogen and oxygen atoms in total. The van der Waals surface area contributed by atoms with Gasteiger partial charge in [0.2, 0.25) is 0 Å². The van der Waals surface area contributed by atoms with E-state index in [2.05, 4.69) is 47.6 Å². The Morgan fingerprint density at radius 1 is 0.889 bits per heavy atom. The average Bonchev–Trinajstić information content (AvgIpc) is 2.45. The highest BCUT2D eigenvalue weighted by Crippen LogP contribution is 2.26. The summed E-state index contributed by atoms with van der Waals surface area (Å²) in [6.45, 7) is 1.79. The maximum Gasteiger partial charge on any atom is 0.0837 e. The molecule has 0 saturated carbocycles. The average molecular weight is 235 g/mol. The molecule has 1 N–H and O–H groups in total. The summed E-state index contributed by atoms with van der Waals surface area (Å²) in [6, 6.07) is 18.7. The standard InChI is InChI=1S/C16H13NO/c1-11(17-18)13-8-9-16-14(10-13)7-6-12-4-2-3-5-15(12)16/h2-10,18H,1H3/b17-11+. The minimum absolute atomic E-state index is 0.630. The van der Waals surface area contributed by atoms with Gasteiger partial charge in [-0.05, 0) is 40.1 Å². The highest BCUT2D eigenvalue weighted by molar-refractivity contribution is 6.10. The Kier molecular flexibility index (Phi) is 2.49. The lowest BCUT2D eigenvalue weighted by molar-refractivity contribution is 0.319. The third-order valence-electron chi connectivity index (χ3n) is 3.31. The van der Waals surface area contributed by atoms with Crippen molar-refractivity contribution in [3.05, 3.63) is 60.2 Å². The molecule has 0 aliphatic carbocycles. The summed E-state index contributed by atoms with van der Waals surface area (Å²) in [5.41, 5.74) is 1.57. The number of rotatable bonds is 1. The second-order valence-electron chi connectivity index (χ2n) is 4.41. The van der Waals surface area contributed by atoms with Crippen LogP contribution in [0, 0.1) is 0 Å². The van der Waals surface area contributed by atoms with Gasteiger partial charge in [-0.3, -0.25) is 0 Å². The van der Waals surface area contributed by atoms with Crippen LogP contribution >= 0.6 is 0 Å². The Bertz CT molecular complexity index is 759. The molecule has 0 bridgehead atoms. The summed E-state index contributed by atoms with van der Waals surface area (Å²) >= 11 is 0. The van der Waals surface area contributed by atoms with E-state index in [9.17, 15) is 0 Å². The molecule has 0 unspecified atom stereocenters. The first-order valence-corrected chi connectivity index (χ1v) is 5.90. The molecule has 3 aromatic rings. The third kappa shape index (κ3) is 1.63. The summed E-state index contributed by atoms with van der Waals surface area (Å²) in [4.78, 5) is 0. The lowest BCUT2D eigenvalue weighted by Gasteiger charge is -2.06. The SMILES string of the molecule is C/C(=N\O)c1ccc2c(ccc3ccccc32)c1. The lowest BCUT2D eigenvalue weighted by atomic mass is 9.99. The summed E-state index contributed by atoms with van der Waals surface area (Å²) in [6.07, 6.45) is 0. The van der Waals surface area contributed by atoms with Crippen molar-refractivity contribution in [2.24, 2.45) is 5.16 Å². The van der Waals surface area contributed by atoms with E-state index in [1.54, 1.807) is 6.92 Å². The van der Waals surface area contributed by atoms with Crippen molar-refractivity contribution in [2.45, 2.75) is 6.92 Å². The minimum atomic E-state index is 0.630. The Morgan fingerprint density at radius 2 is 1.61 bits per heavy atom. The number of nitrogens with zero attached hydrogens (tertiary/aromatic N) is 1. The topological polar surface area (TPSA) is 32.6 Å². The van der Waals surface area contributed by atoms with Crippen LogP contribution in [0.3, 0.4) is 0 Å². The van der Waals surface area contributed by atoms with Gasteiger partial charge in [-0.1, -0.05) is 53.7 Å². The maximum absolute atomic E-state index is 8.82. The van der Waals surface area contributed by atoms with Crippen molar-refractivity contribution < 1.29 is 5.21 Å². The van der Waals surface area contributed by atoms with Gasteiger partial charge in [0, 0.05) is 0 Å². The van der Waals surface area contributed by atoms with E-state index >= 15 is 0 Å². The van der Waals surface area contributed by atoms with Crippen LogP contribution in [0.2, 0.25) is 0 Å². The first-order chi connectivity index (χ1) is 8.79. The molecule has 0 radical (unpaired) electrons. The van der Waals surface area contributed by atoms with Crippen LogP contribution in [0.15, 0.2) is 59.8 Å². The van der Waals surface area contributed by atoms with Gasteiger partial charge in [-0.15, -0.1) is 0 Å². The van der Waals surface area contributed by atoms with E-state index < -0.39 is 0 Å². The van der Waals surface area contributed by atoms with Gasteiger partial charge in [0.25, 0.3) is 0 Å². The Balaban J connectivity index is 2.34. The molecule has 0 spiro atoms. The number of fused-ring (bicyclic) bond motifs is 3. The molecule has 0 aromatic heterocycles. The van der Waals surface area contributed by atoms with Crippen molar-refractivity contribution in [3.63, 3.8) is 0 Å². The number of benzene rings is 3. The van der Waals surface area contributed by atoms with Crippen LogP contribution in [0.1, 0.15) is 12.5 Å². The summed E-state index contributed by atoms with van der Waals surface area (Å²) in [7, 11) is 0. The predicted octanol–water partition coefficient (Wildman–Crippen LogP) is 4.19. The molecule has 3 rings (SSSR count). The van der Waals surface area contributed by atoms with Gasteiger partial charge in [0.05, 0.1) is 5.71 Å². The molecule has 0 fully saturated rings. The smallest absolute Gasteiger partial charge is 0.0837 e. The molecule has 18 heavy (non-hydrogen) atoms. The lowest BCUT2D eigenvalue weighted by Crippen LogP contribution is -1.93. The quantitative estimate of drug-likeness (QED) is 0.291. The van der Waals surface area contributed by atoms with Crippen molar-refractivity contribution in [1.82, 2.24) is 0 Å². The largest absolute Gasteiger partial charge is 0.411 e. The molecule has 0 atom stereocenters. The summed E-state index contributed by atoms with van der Waals surface area (Å²) in [5, 5.41) is 16.9. The minimum Gasteiger partial charge on any atom is -0.411 e. The predicted molar refractivity (Wildman–Crippen MR) is 75.5 cm³/mol. The molecular formula is C16H13NO. The van der Waals surface area contributed by atoms with Gasteiger partial charge in [-0.25, -0.2) is 0 Å². The second-order valence-corrected chi connectivity index (χ2v) is 4.41. The number of hydrogen-bond donors (Lipinski definition) is 1. The molecule has 0 aliphatic rings. The van der Waals surface area contributed by atoms with E-state index in [1.165, 1.54) is 16.2 Å². The van der Waals surface area contributed by atoms with Crippen LogP contribution in [0.4, 0.5) is 0 Å². The summed E-state index contributed by atoms with van der Waals surface area (Å²) < 4.78 is 0. The van der Waals surface area contributed by atoms with Crippen LogP contribution in [-0.4, -0.2) is 10.9 Å². The highest BCUT2D eigenvalue weighted by atomic mass is 16.4. The zero-order chi connectivity index (χ0) is 12.5. The fraction of sp³-hybridized carbons (Fsp3) is 0.0625. The van der Waals surface area contributed by atoms with Crippen molar-refractivity contribution in [2.75, 3.05) is 0 Å². The first kappa shape index (κ1) is 10.8. The zero-order valence-electron chi connectivity index (χ0n) is 10.1. The van der Waals surface area contributed by atoms with Crippen molar-refractivity contribution >= 4 is 27.3 Å². The van der Waals surface area contributed by atoms with Crippen molar-refractivity contribution in [1.29, 1.82) is 0 Å². The molecule has 2 heteroatoms.